The summed E-state index contributed by atoms with van der Waals surface area (Å²) in [4.78, 5) is 0. The maximum Gasteiger partial charge on any atom is -0.0297 e. The van der Waals surface area contributed by atoms with Gasteiger partial charge in [-0.3, -0.25) is 0 Å². The van der Waals surface area contributed by atoms with Crippen molar-refractivity contribution in [1.29, 1.82) is 0 Å². The summed E-state index contributed by atoms with van der Waals surface area (Å²) < 4.78 is 0. The van der Waals surface area contributed by atoms with Crippen molar-refractivity contribution >= 4 is 0 Å². The highest BCUT2D eigenvalue weighted by Gasteiger charge is 2.34. The van der Waals surface area contributed by atoms with E-state index in [0.29, 0.717) is 0 Å². The molecule has 3 unspecified atom stereocenters. The molecule has 3 aliphatic rings. The monoisotopic (exact) mass is 390 g/mol. The molecular formula is C28H54. The molecule has 3 aliphatic carbocycles. The van der Waals surface area contributed by atoms with E-state index in [1.807, 2.05) is 0 Å². The highest BCUT2D eigenvalue weighted by Crippen LogP contribution is 2.47. The first kappa shape index (κ1) is 24.3. The van der Waals surface area contributed by atoms with Gasteiger partial charge in [-0.05, 0) is 74.0 Å². The van der Waals surface area contributed by atoms with E-state index in [9.17, 15) is 0 Å². The van der Waals surface area contributed by atoms with E-state index in [1.54, 1.807) is 25.7 Å². The second-order valence-electron chi connectivity index (χ2n) is 10.9. The van der Waals surface area contributed by atoms with Crippen LogP contribution in [0.3, 0.4) is 0 Å². The minimum Gasteiger partial charge on any atom is -0.0654 e. The molecule has 0 bridgehead atoms. The molecule has 28 heavy (non-hydrogen) atoms. The summed E-state index contributed by atoms with van der Waals surface area (Å²) in [5, 5.41) is 0. The van der Waals surface area contributed by atoms with Crippen LogP contribution in [0.4, 0.5) is 0 Å². The fraction of sp³-hybridized carbons (Fsp3) is 1.00. The van der Waals surface area contributed by atoms with Gasteiger partial charge >= 0.3 is 0 Å². The summed E-state index contributed by atoms with van der Waals surface area (Å²) in [6.45, 7) is 9.40. The molecule has 0 N–H and O–H groups in total. The van der Waals surface area contributed by atoms with Crippen LogP contribution in [0.25, 0.3) is 0 Å². The Morgan fingerprint density at radius 2 is 1.21 bits per heavy atom. The fourth-order valence-corrected chi connectivity index (χ4v) is 7.47. The van der Waals surface area contributed by atoms with Crippen LogP contribution in [-0.2, 0) is 0 Å². The Hall–Kier alpha value is 0. The van der Waals surface area contributed by atoms with Gasteiger partial charge in [-0.1, -0.05) is 105 Å². The first-order valence-electron chi connectivity index (χ1n) is 13.7. The minimum absolute atomic E-state index is 0.758. The van der Waals surface area contributed by atoms with E-state index in [4.69, 9.17) is 0 Å². The normalized spacial score (nSPS) is 30.2. The lowest BCUT2D eigenvalue weighted by molar-refractivity contribution is 0.0975. The van der Waals surface area contributed by atoms with Gasteiger partial charge in [0.2, 0.25) is 0 Å². The van der Waals surface area contributed by atoms with Crippen LogP contribution < -0.4 is 0 Å². The predicted octanol–water partition coefficient (Wildman–Crippen LogP) is 9.96. The van der Waals surface area contributed by atoms with E-state index >= 15 is 0 Å². The average molecular weight is 391 g/mol. The summed E-state index contributed by atoms with van der Waals surface area (Å²) in [5.74, 6) is 4.46. The van der Waals surface area contributed by atoms with Crippen molar-refractivity contribution < 1.29 is 0 Å². The molecule has 0 nitrogen and oxygen atoms in total. The third-order valence-electron chi connectivity index (χ3n) is 8.81. The van der Waals surface area contributed by atoms with Crippen molar-refractivity contribution in [3.05, 3.63) is 0 Å². The summed E-state index contributed by atoms with van der Waals surface area (Å²) in [5.41, 5.74) is 0.758. The molecule has 0 radical (unpaired) electrons. The van der Waals surface area contributed by atoms with Gasteiger partial charge in [0.15, 0.2) is 0 Å². The maximum absolute atomic E-state index is 2.36. The van der Waals surface area contributed by atoms with E-state index in [2.05, 4.69) is 27.7 Å². The van der Waals surface area contributed by atoms with E-state index < -0.39 is 0 Å². The molecule has 0 aliphatic heterocycles. The first-order valence-corrected chi connectivity index (χ1v) is 13.7. The molecule has 0 saturated heterocycles. The molecule has 3 fully saturated rings. The van der Waals surface area contributed by atoms with E-state index in [0.717, 1.165) is 29.1 Å². The Kier molecular flexibility index (Phi) is 11.6. The maximum atomic E-state index is 2.36. The van der Waals surface area contributed by atoms with Crippen molar-refractivity contribution in [2.75, 3.05) is 0 Å². The first-order chi connectivity index (χ1) is 13.7. The molecule has 0 heterocycles. The lowest BCUT2D eigenvalue weighted by Crippen LogP contribution is -2.30. The molecule has 166 valence electrons. The van der Waals surface area contributed by atoms with Crippen LogP contribution in [0.2, 0.25) is 0 Å². The van der Waals surface area contributed by atoms with Gasteiger partial charge in [0.25, 0.3) is 0 Å². The summed E-state index contributed by atoms with van der Waals surface area (Å²) in [6, 6.07) is 0. The molecule has 3 saturated carbocycles. The van der Waals surface area contributed by atoms with Gasteiger partial charge < -0.3 is 0 Å². The SMILES string of the molecule is CCCC1CCC(CCC)(CCC)CC1.CCCC1CCCC2CCCCC12. The molecule has 0 aromatic rings. The van der Waals surface area contributed by atoms with Gasteiger partial charge in [0.05, 0.1) is 0 Å². The van der Waals surface area contributed by atoms with Gasteiger partial charge in [-0.25, -0.2) is 0 Å². The molecule has 0 aromatic heterocycles. The molecule has 3 atom stereocenters. The van der Waals surface area contributed by atoms with Gasteiger partial charge in [-0.15, -0.1) is 0 Å². The second kappa shape index (κ2) is 13.3. The molecule has 0 aromatic carbocycles. The van der Waals surface area contributed by atoms with E-state index in [-0.39, 0.29) is 0 Å². The third-order valence-corrected chi connectivity index (χ3v) is 8.81. The van der Waals surface area contributed by atoms with Gasteiger partial charge in [0.1, 0.15) is 0 Å². The molecule has 3 rings (SSSR count). The van der Waals surface area contributed by atoms with Crippen molar-refractivity contribution in [2.45, 2.75) is 150 Å². The Labute approximate surface area is 179 Å². The Morgan fingerprint density at radius 3 is 1.82 bits per heavy atom. The summed E-state index contributed by atoms with van der Waals surface area (Å²) >= 11 is 0. The quantitative estimate of drug-likeness (QED) is 0.386. The van der Waals surface area contributed by atoms with Crippen LogP contribution in [0, 0.1) is 29.1 Å². The van der Waals surface area contributed by atoms with Crippen LogP contribution in [0.15, 0.2) is 0 Å². The lowest BCUT2D eigenvalue weighted by atomic mass is 9.64. The zero-order chi connectivity index (χ0) is 20.2. The third kappa shape index (κ3) is 7.36. The predicted molar refractivity (Wildman–Crippen MR) is 127 cm³/mol. The Bertz CT molecular complexity index is 363. The van der Waals surface area contributed by atoms with Gasteiger partial charge in [-0.2, -0.15) is 0 Å². The fourth-order valence-electron chi connectivity index (χ4n) is 7.47. The van der Waals surface area contributed by atoms with Crippen molar-refractivity contribution in [3.8, 4) is 0 Å². The number of rotatable bonds is 8. The van der Waals surface area contributed by atoms with E-state index in [1.165, 1.54) is 96.3 Å². The number of hydrogen-bond acceptors (Lipinski definition) is 0. The van der Waals surface area contributed by atoms with Crippen LogP contribution in [0.5, 0.6) is 0 Å². The molecule has 0 heteroatoms. The molecule has 0 amide bonds. The number of hydrogen-bond donors (Lipinski definition) is 0. The second-order valence-corrected chi connectivity index (χ2v) is 10.9. The smallest absolute Gasteiger partial charge is 0.0297 e. The molecule has 0 spiro atoms. The van der Waals surface area contributed by atoms with Crippen molar-refractivity contribution in [1.82, 2.24) is 0 Å². The molecular weight excluding hydrogens is 336 g/mol. The Morgan fingerprint density at radius 1 is 0.607 bits per heavy atom. The largest absolute Gasteiger partial charge is 0.0654 e. The number of fused-ring (bicyclic) bond motifs is 1. The van der Waals surface area contributed by atoms with Crippen LogP contribution in [0.1, 0.15) is 150 Å². The minimum atomic E-state index is 0.758. The highest BCUT2D eigenvalue weighted by molar-refractivity contribution is 4.86. The van der Waals surface area contributed by atoms with Crippen molar-refractivity contribution in [3.63, 3.8) is 0 Å². The van der Waals surface area contributed by atoms with Gasteiger partial charge in [0, 0.05) is 0 Å². The van der Waals surface area contributed by atoms with Crippen LogP contribution in [-0.4, -0.2) is 0 Å². The van der Waals surface area contributed by atoms with Crippen molar-refractivity contribution in [2.24, 2.45) is 29.1 Å². The summed E-state index contributed by atoms with van der Waals surface area (Å²) in [7, 11) is 0. The summed E-state index contributed by atoms with van der Waals surface area (Å²) in [6.07, 6.45) is 28.5. The van der Waals surface area contributed by atoms with Crippen LogP contribution >= 0.6 is 0 Å². The standard InChI is InChI=1S/C15H30.C13H24/c1-4-7-14-8-12-15(10-5-2,11-6-3)13-9-14;1-2-6-11-8-5-9-12-7-3-4-10-13(11)12/h14H,4-13H2,1-3H3;11-13H,2-10H2,1H3. The zero-order valence-electron chi connectivity index (χ0n) is 20.2. The lowest BCUT2D eigenvalue weighted by Gasteiger charge is -2.41. The topological polar surface area (TPSA) is 0 Å². The average Bonchev–Trinajstić information content (AvgIpc) is 2.72. The Balaban J connectivity index is 0.000000202. The zero-order valence-corrected chi connectivity index (χ0v) is 20.2. The highest BCUT2D eigenvalue weighted by atomic mass is 14.4.